The van der Waals surface area contributed by atoms with Crippen LogP contribution in [0.2, 0.25) is 0 Å². The van der Waals surface area contributed by atoms with Gasteiger partial charge in [0.1, 0.15) is 6.04 Å². The van der Waals surface area contributed by atoms with Crippen molar-refractivity contribution in [3.63, 3.8) is 0 Å². The van der Waals surface area contributed by atoms with Crippen LogP contribution < -0.4 is 10.9 Å². The van der Waals surface area contributed by atoms with E-state index in [1.165, 1.54) is 28.9 Å². The minimum Gasteiger partial charge on any atom is -0.377 e. The molecule has 1 saturated heterocycles. The van der Waals surface area contributed by atoms with E-state index in [-0.39, 0.29) is 13.2 Å². The van der Waals surface area contributed by atoms with Gasteiger partial charge in [-0.3, -0.25) is 9.59 Å². The molecule has 0 bridgehead atoms. The molecule has 1 aromatic carbocycles. The average Bonchev–Trinajstić information content (AvgIpc) is 3.40. The first-order valence-corrected chi connectivity index (χ1v) is 8.99. The molecule has 11 heteroatoms. The van der Waals surface area contributed by atoms with Gasteiger partial charge in [0.05, 0.1) is 30.4 Å². The molecule has 8 nitrogen and oxygen atoms in total. The summed E-state index contributed by atoms with van der Waals surface area (Å²) in [4.78, 5) is 25.0. The monoisotopic (exact) mass is 419 g/mol. The zero-order valence-corrected chi connectivity index (χ0v) is 15.4. The Labute approximate surface area is 167 Å². The summed E-state index contributed by atoms with van der Waals surface area (Å²) in [5, 5.41) is 10.9. The summed E-state index contributed by atoms with van der Waals surface area (Å²) < 4.78 is 47.7. The van der Waals surface area contributed by atoms with E-state index in [1.807, 2.05) is 0 Å². The molecular formula is C19H16F3N5O3. The zero-order chi connectivity index (χ0) is 21.3. The summed E-state index contributed by atoms with van der Waals surface area (Å²) in [5.41, 5.74) is -1.97. The molecule has 156 valence electrons. The first-order valence-electron chi connectivity index (χ1n) is 8.99. The van der Waals surface area contributed by atoms with Crippen LogP contribution in [0.4, 0.5) is 13.2 Å². The molecule has 3 aromatic rings. The van der Waals surface area contributed by atoms with Gasteiger partial charge in [0.2, 0.25) is 0 Å². The van der Waals surface area contributed by atoms with Gasteiger partial charge in [0, 0.05) is 18.5 Å². The highest BCUT2D eigenvalue weighted by Crippen LogP contribution is 2.32. The maximum Gasteiger partial charge on any atom is 0.417 e. The first kappa shape index (κ1) is 19.8. The van der Waals surface area contributed by atoms with Crippen LogP contribution >= 0.6 is 0 Å². The van der Waals surface area contributed by atoms with Crippen molar-refractivity contribution in [1.29, 1.82) is 0 Å². The number of nitrogens with zero attached hydrogens (tertiary/aromatic N) is 4. The van der Waals surface area contributed by atoms with E-state index in [0.717, 1.165) is 16.8 Å². The van der Waals surface area contributed by atoms with E-state index >= 15 is 0 Å². The van der Waals surface area contributed by atoms with Crippen LogP contribution in [0.5, 0.6) is 0 Å². The van der Waals surface area contributed by atoms with Gasteiger partial charge in [-0.25, -0.2) is 9.36 Å². The highest BCUT2D eigenvalue weighted by molar-refractivity contribution is 5.96. The summed E-state index contributed by atoms with van der Waals surface area (Å²) >= 11 is 0. The molecule has 1 fully saturated rings. The van der Waals surface area contributed by atoms with Crippen molar-refractivity contribution in [2.75, 3.05) is 13.2 Å². The number of alkyl halides is 3. The molecule has 1 aliphatic rings. The molecule has 1 aliphatic heterocycles. The number of carbonyl (C=O) groups is 1. The SMILES string of the molecule is O=C(NC1COCC1n1nc(-n2cccn2)ccc1=O)c1ccccc1C(F)(F)F. The predicted molar refractivity (Wildman–Crippen MR) is 98.2 cm³/mol. The third-order valence-corrected chi connectivity index (χ3v) is 4.71. The Morgan fingerprint density at radius 3 is 2.67 bits per heavy atom. The number of hydrogen-bond donors (Lipinski definition) is 1. The summed E-state index contributed by atoms with van der Waals surface area (Å²) in [6, 6.07) is 7.58. The normalized spacial score (nSPS) is 19.0. The van der Waals surface area contributed by atoms with E-state index in [1.54, 1.807) is 18.5 Å². The van der Waals surface area contributed by atoms with Gasteiger partial charge < -0.3 is 10.1 Å². The summed E-state index contributed by atoms with van der Waals surface area (Å²) in [5.74, 6) is -0.529. The fourth-order valence-corrected chi connectivity index (χ4v) is 3.28. The van der Waals surface area contributed by atoms with Crippen LogP contribution in [-0.2, 0) is 10.9 Å². The average molecular weight is 419 g/mol. The maximum atomic E-state index is 13.2. The second-order valence-corrected chi connectivity index (χ2v) is 6.65. The highest BCUT2D eigenvalue weighted by Gasteiger charge is 2.37. The minimum atomic E-state index is -4.67. The standard InChI is InChI=1S/C19H16F3N5O3/c20-19(21,22)13-5-2-1-4-12(13)18(29)24-14-10-30-11-15(14)27-17(28)7-6-16(25-27)26-9-3-8-23-26/h1-9,14-15H,10-11H2,(H,24,29). The van der Waals surface area contributed by atoms with E-state index < -0.39 is 40.9 Å². The van der Waals surface area contributed by atoms with Crippen molar-refractivity contribution >= 4 is 5.91 Å². The Morgan fingerprint density at radius 2 is 1.93 bits per heavy atom. The Morgan fingerprint density at radius 1 is 1.13 bits per heavy atom. The van der Waals surface area contributed by atoms with Crippen molar-refractivity contribution in [3.8, 4) is 5.82 Å². The molecule has 0 spiro atoms. The lowest BCUT2D eigenvalue weighted by molar-refractivity contribution is -0.137. The fraction of sp³-hybridized carbons (Fsp3) is 0.263. The van der Waals surface area contributed by atoms with Crippen molar-refractivity contribution in [1.82, 2.24) is 24.9 Å². The molecule has 1 amide bonds. The minimum absolute atomic E-state index is 0.0324. The lowest BCUT2D eigenvalue weighted by Crippen LogP contribution is -2.44. The summed E-state index contributed by atoms with van der Waals surface area (Å²) in [7, 11) is 0. The zero-order valence-electron chi connectivity index (χ0n) is 15.4. The number of rotatable bonds is 4. The number of benzene rings is 1. The van der Waals surface area contributed by atoms with Crippen molar-refractivity contribution in [3.05, 3.63) is 76.3 Å². The molecule has 0 saturated carbocycles. The smallest absolute Gasteiger partial charge is 0.377 e. The molecule has 0 radical (unpaired) electrons. The highest BCUT2D eigenvalue weighted by atomic mass is 19.4. The van der Waals surface area contributed by atoms with Gasteiger partial charge >= 0.3 is 6.18 Å². The fourth-order valence-electron chi connectivity index (χ4n) is 3.28. The van der Waals surface area contributed by atoms with E-state index in [0.29, 0.717) is 5.82 Å². The first-order chi connectivity index (χ1) is 14.3. The van der Waals surface area contributed by atoms with Crippen LogP contribution in [0.25, 0.3) is 5.82 Å². The van der Waals surface area contributed by atoms with Gasteiger partial charge in [0.15, 0.2) is 5.82 Å². The van der Waals surface area contributed by atoms with Crippen LogP contribution in [0.3, 0.4) is 0 Å². The van der Waals surface area contributed by atoms with Gasteiger partial charge in [-0.05, 0) is 24.3 Å². The molecule has 4 rings (SSSR count). The molecule has 2 aromatic heterocycles. The van der Waals surface area contributed by atoms with Gasteiger partial charge in [0.25, 0.3) is 11.5 Å². The molecule has 1 N–H and O–H groups in total. The number of aromatic nitrogens is 4. The van der Waals surface area contributed by atoms with Crippen LogP contribution in [0.15, 0.2) is 59.7 Å². The lowest BCUT2D eigenvalue weighted by Gasteiger charge is -2.21. The van der Waals surface area contributed by atoms with Crippen LogP contribution in [0, 0.1) is 0 Å². The Kier molecular flexibility index (Phi) is 5.12. The van der Waals surface area contributed by atoms with Gasteiger partial charge in [-0.1, -0.05) is 12.1 Å². The summed E-state index contributed by atoms with van der Waals surface area (Å²) in [6.45, 7) is 0.103. The van der Waals surface area contributed by atoms with Crippen molar-refractivity contribution in [2.45, 2.75) is 18.3 Å². The molecule has 2 atom stereocenters. The molecule has 3 heterocycles. The number of carbonyl (C=O) groups excluding carboxylic acids is 1. The predicted octanol–water partition coefficient (Wildman–Crippen LogP) is 1.82. The number of halogens is 3. The van der Waals surface area contributed by atoms with E-state index in [4.69, 9.17) is 4.74 Å². The van der Waals surface area contributed by atoms with Crippen molar-refractivity contribution < 1.29 is 22.7 Å². The van der Waals surface area contributed by atoms with E-state index in [2.05, 4.69) is 15.5 Å². The van der Waals surface area contributed by atoms with Gasteiger partial charge in [-0.2, -0.15) is 18.3 Å². The number of ether oxygens (including phenoxy) is 1. The molecule has 30 heavy (non-hydrogen) atoms. The second-order valence-electron chi connectivity index (χ2n) is 6.65. The largest absolute Gasteiger partial charge is 0.417 e. The maximum absolute atomic E-state index is 13.2. The third kappa shape index (κ3) is 3.83. The van der Waals surface area contributed by atoms with E-state index in [9.17, 15) is 22.8 Å². The lowest BCUT2D eigenvalue weighted by atomic mass is 10.1. The Balaban J connectivity index is 1.61. The number of nitrogens with one attached hydrogen (secondary N) is 1. The molecular weight excluding hydrogens is 403 g/mol. The third-order valence-electron chi connectivity index (χ3n) is 4.71. The topological polar surface area (TPSA) is 91.0 Å². The number of amides is 1. The van der Waals surface area contributed by atoms with Crippen LogP contribution in [-0.4, -0.2) is 44.7 Å². The molecule has 0 aliphatic carbocycles. The summed E-state index contributed by atoms with van der Waals surface area (Å²) in [6.07, 6.45) is -1.47. The van der Waals surface area contributed by atoms with Gasteiger partial charge in [-0.15, -0.1) is 5.10 Å². The second kappa shape index (κ2) is 7.75. The Hall–Kier alpha value is -3.47. The molecule has 2 unspecified atom stereocenters. The number of hydrogen-bond acceptors (Lipinski definition) is 5. The quantitative estimate of drug-likeness (QED) is 0.697. The van der Waals surface area contributed by atoms with Crippen molar-refractivity contribution in [2.24, 2.45) is 0 Å². The van der Waals surface area contributed by atoms with Crippen LogP contribution in [0.1, 0.15) is 22.0 Å². The Bertz CT molecular complexity index is 1110.